The van der Waals surface area contributed by atoms with Gasteiger partial charge in [0.1, 0.15) is 5.82 Å². The Morgan fingerprint density at radius 3 is 2.88 bits per heavy atom. The van der Waals surface area contributed by atoms with Crippen molar-refractivity contribution in [2.45, 2.75) is 32.7 Å². The maximum absolute atomic E-state index is 5.75. The molecule has 3 N–H and O–H groups in total. The van der Waals surface area contributed by atoms with E-state index in [1.54, 1.807) is 0 Å². The van der Waals surface area contributed by atoms with Gasteiger partial charge in [-0.2, -0.15) is 0 Å². The molecule has 1 atom stereocenters. The lowest BCUT2D eigenvalue weighted by molar-refractivity contribution is 0.647. The Morgan fingerprint density at radius 1 is 1.41 bits per heavy atom. The summed E-state index contributed by atoms with van der Waals surface area (Å²) in [5, 5.41) is 0. The van der Waals surface area contributed by atoms with E-state index in [-0.39, 0.29) is 6.04 Å². The number of aryl methyl sites for hydroxylation is 2. The molecule has 90 valence electrons. The molecule has 4 nitrogen and oxygen atoms in total. The maximum atomic E-state index is 5.75. The lowest BCUT2D eigenvalue weighted by Gasteiger charge is -2.06. The molecule has 2 rings (SSSR count). The van der Waals surface area contributed by atoms with Gasteiger partial charge in [0.05, 0.1) is 5.69 Å². The van der Waals surface area contributed by atoms with Crippen LogP contribution in [0.4, 0.5) is 0 Å². The number of nitrogens with one attached hydrogen (secondary N) is 1. The topological polar surface area (TPSA) is 67.6 Å². The van der Waals surface area contributed by atoms with Crippen LogP contribution < -0.4 is 5.73 Å². The van der Waals surface area contributed by atoms with Gasteiger partial charge in [-0.1, -0.05) is 0 Å². The first-order chi connectivity index (χ1) is 8.15. The lowest BCUT2D eigenvalue weighted by atomic mass is 10.1. The number of hydrogen-bond acceptors (Lipinski definition) is 3. The zero-order valence-corrected chi connectivity index (χ0v) is 10.3. The summed E-state index contributed by atoms with van der Waals surface area (Å²) in [6.45, 7) is 4.00. The third-order valence-electron chi connectivity index (χ3n) is 2.62. The molecular formula is C13H18N4. The Balaban J connectivity index is 2.24. The molecule has 2 aromatic rings. The Kier molecular flexibility index (Phi) is 3.54. The van der Waals surface area contributed by atoms with E-state index in [0.717, 1.165) is 35.6 Å². The van der Waals surface area contributed by atoms with Gasteiger partial charge in [0, 0.05) is 36.1 Å². The minimum absolute atomic E-state index is 0.190. The van der Waals surface area contributed by atoms with Gasteiger partial charge in [0.2, 0.25) is 0 Å². The Hall–Kier alpha value is -1.68. The van der Waals surface area contributed by atoms with Crippen LogP contribution in [0.2, 0.25) is 0 Å². The number of H-pyrrole nitrogens is 1. The Morgan fingerprint density at radius 2 is 2.24 bits per heavy atom. The van der Waals surface area contributed by atoms with Crippen LogP contribution in [0.15, 0.2) is 24.5 Å². The monoisotopic (exact) mass is 230 g/mol. The molecule has 1 unspecified atom stereocenters. The average molecular weight is 230 g/mol. The number of aromatic nitrogens is 3. The largest absolute Gasteiger partial charge is 0.367 e. The molecule has 4 heteroatoms. The summed E-state index contributed by atoms with van der Waals surface area (Å²) in [5.41, 5.74) is 8.81. The molecule has 17 heavy (non-hydrogen) atoms. The molecule has 2 aromatic heterocycles. The first kappa shape index (κ1) is 11.8. The molecule has 0 spiro atoms. The van der Waals surface area contributed by atoms with Gasteiger partial charge in [-0.15, -0.1) is 0 Å². The number of hydrogen-bond donors (Lipinski definition) is 2. The number of nitrogens with two attached hydrogens (primary N) is 1. The van der Waals surface area contributed by atoms with Crippen molar-refractivity contribution in [2.75, 3.05) is 0 Å². The molecule has 0 fully saturated rings. The molecule has 2 heterocycles. The molecular weight excluding hydrogens is 212 g/mol. The zero-order chi connectivity index (χ0) is 12.3. The van der Waals surface area contributed by atoms with Crippen molar-refractivity contribution in [1.82, 2.24) is 15.0 Å². The fourth-order valence-corrected chi connectivity index (χ4v) is 1.73. The first-order valence-corrected chi connectivity index (χ1v) is 5.88. The SMILES string of the molecule is Cc1cc(-c2cc[nH]c2)nc(CCC(C)N)n1. The third kappa shape index (κ3) is 3.14. The minimum Gasteiger partial charge on any atom is -0.367 e. The van der Waals surface area contributed by atoms with E-state index in [1.807, 2.05) is 38.4 Å². The normalized spacial score (nSPS) is 12.6. The molecule has 0 aliphatic rings. The van der Waals surface area contributed by atoms with Crippen molar-refractivity contribution in [3.05, 3.63) is 36.0 Å². The molecule has 0 aliphatic carbocycles. The lowest BCUT2D eigenvalue weighted by Crippen LogP contribution is -2.16. The van der Waals surface area contributed by atoms with Gasteiger partial charge in [-0.05, 0) is 32.4 Å². The van der Waals surface area contributed by atoms with Crippen LogP contribution in [0.1, 0.15) is 24.9 Å². The minimum atomic E-state index is 0.190. The molecule has 0 saturated carbocycles. The Bertz CT molecular complexity index is 474. The Labute approximate surface area is 101 Å². The van der Waals surface area contributed by atoms with E-state index in [0.29, 0.717) is 0 Å². The summed E-state index contributed by atoms with van der Waals surface area (Å²) >= 11 is 0. The summed E-state index contributed by atoms with van der Waals surface area (Å²) < 4.78 is 0. The van der Waals surface area contributed by atoms with Crippen LogP contribution in [0.5, 0.6) is 0 Å². The highest BCUT2D eigenvalue weighted by Crippen LogP contribution is 2.17. The number of aromatic amines is 1. The average Bonchev–Trinajstić information content (AvgIpc) is 2.79. The van der Waals surface area contributed by atoms with Gasteiger partial charge in [-0.3, -0.25) is 0 Å². The fraction of sp³-hybridized carbons (Fsp3) is 0.385. The quantitative estimate of drug-likeness (QED) is 0.844. The van der Waals surface area contributed by atoms with Gasteiger partial charge < -0.3 is 10.7 Å². The van der Waals surface area contributed by atoms with Crippen molar-refractivity contribution in [1.29, 1.82) is 0 Å². The standard InChI is InChI=1S/C13H18N4/c1-9(14)3-4-13-16-10(2)7-12(17-13)11-5-6-15-8-11/h5-9,15H,3-4,14H2,1-2H3. The van der Waals surface area contributed by atoms with E-state index in [2.05, 4.69) is 15.0 Å². The highest BCUT2D eigenvalue weighted by atomic mass is 14.9. The first-order valence-electron chi connectivity index (χ1n) is 5.88. The van der Waals surface area contributed by atoms with Crippen LogP contribution in [0.25, 0.3) is 11.3 Å². The predicted molar refractivity (Wildman–Crippen MR) is 68.5 cm³/mol. The van der Waals surface area contributed by atoms with E-state index in [9.17, 15) is 0 Å². The second-order valence-corrected chi connectivity index (χ2v) is 4.43. The second kappa shape index (κ2) is 5.10. The van der Waals surface area contributed by atoms with E-state index in [1.165, 1.54) is 0 Å². The van der Waals surface area contributed by atoms with Crippen molar-refractivity contribution in [2.24, 2.45) is 5.73 Å². The summed E-state index contributed by atoms with van der Waals surface area (Å²) in [6.07, 6.45) is 5.58. The van der Waals surface area contributed by atoms with Gasteiger partial charge in [0.15, 0.2) is 0 Å². The molecule has 0 saturated heterocycles. The molecule has 0 bridgehead atoms. The van der Waals surface area contributed by atoms with Crippen molar-refractivity contribution >= 4 is 0 Å². The smallest absolute Gasteiger partial charge is 0.129 e. The van der Waals surface area contributed by atoms with Gasteiger partial charge >= 0.3 is 0 Å². The van der Waals surface area contributed by atoms with Crippen molar-refractivity contribution in [3.63, 3.8) is 0 Å². The third-order valence-corrected chi connectivity index (χ3v) is 2.62. The van der Waals surface area contributed by atoms with Crippen LogP contribution in [0.3, 0.4) is 0 Å². The van der Waals surface area contributed by atoms with Gasteiger partial charge in [0.25, 0.3) is 0 Å². The molecule has 0 amide bonds. The van der Waals surface area contributed by atoms with E-state index < -0.39 is 0 Å². The summed E-state index contributed by atoms with van der Waals surface area (Å²) in [6, 6.07) is 4.20. The second-order valence-electron chi connectivity index (χ2n) is 4.43. The molecule has 0 aliphatic heterocycles. The van der Waals surface area contributed by atoms with Crippen LogP contribution in [0, 0.1) is 6.92 Å². The van der Waals surface area contributed by atoms with E-state index in [4.69, 9.17) is 5.73 Å². The summed E-state index contributed by atoms with van der Waals surface area (Å²) in [5.74, 6) is 0.874. The highest BCUT2D eigenvalue weighted by Gasteiger charge is 2.06. The van der Waals surface area contributed by atoms with Crippen molar-refractivity contribution < 1.29 is 0 Å². The summed E-state index contributed by atoms with van der Waals surface area (Å²) in [4.78, 5) is 12.0. The zero-order valence-electron chi connectivity index (χ0n) is 10.3. The van der Waals surface area contributed by atoms with E-state index >= 15 is 0 Å². The predicted octanol–water partition coefficient (Wildman–Crippen LogP) is 2.06. The summed E-state index contributed by atoms with van der Waals surface area (Å²) in [7, 11) is 0. The van der Waals surface area contributed by atoms with Crippen LogP contribution >= 0.6 is 0 Å². The van der Waals surface area contributed by atoms with Gasteiger partial charge in [-0.25, -0.2) is 9.97 Å². The number of rotatable bonds is 4. The van der Waals surface area contributed by atoms with Crippen molar-refractivity contribution in [3.8, 4) is 11.3 Å². The molecule has 0 aromatic carbocycles. The molecule has 0 radical (unpaired) electrons. The fourth-order valence-electron chi connectivity index (χ4n) is 1.73. The maximum Gasteiger partial charge on any atom is 0.129 e. The highest BCUT2D eigenvalue weighted by molar-refractivity contribution is 5.58. The van der Waals surface area contributed by atoms with Crippen LogP contribution in [-0.2, 0) is 6.42 Å². The van der Waals surface area contributed by atoms with Crippen LogP contribution in [-0.4, -0.2) is 21.0 Å². The number of nitrogens with zero attached hydrogens (tertiary/aromatic N) is 2.